The number of nitrogens with zero attached hydrogens (tertiary/aromatic N) is 2. The van der Waals surface area contributed by atoms with Gasteiger partial charge in [0.25, 0.3) is 0 Å². The molecule has 0 saturated carbocycles. The van der Waals surface area contributed by atoms with Crippen LogP contribution in [0.2, 0.25) is 0 Å². The van der Waals surface area contributed by atoms with Crippen molar-refractivity contribution in [1.82, 2.24) is 14.5 Å². The molecule has 0 unspecified atom stereocenters. The summed E-state index contributed by atoms with van der Waals surface area (Å²) >= 11 is 0. The number of sulfonamides is 1. The zero-order valence-corrected chi connectivity index (χ0v) is 15.8. The minimum atomic E-state index is -3.30. The molecule has 0 bridgehead atoms. The van der Waals surface area contributed by atoms with Gasteiger partial charge in [0.15, 0.2) is 0 Å². The smallest absolute Gasteiger partial charge is 0.234 e. The van der Waals surface area contributed by atoms with Crippen LogP contribution in [0.1, 0.15) is 31.7 Å². The summed E-state index contributed by atoms with van der Waals surface area (Å²) in [5.41, 5.74) is 0.802. The van der Waals surface area contributed by atoms with Crippen molar-refractivity contribution in [3.05, 3.63) is 35.9 Å². The second-order valence-electron chi connectivity index (χ2n) is 6.47. The Balaban J connectivity index is 1.74. The summed E-state index contributed by atoms with van der Waals surface area (Å²) in [5, 5.41) is 2.93. The van der Waals surface area contributed by atoms with Crippen molar-refractivity contribution in [2.45, 2.75) is 31.9 Å². The van der Waals surface area contributed by atoms with Gasteiger partial charge in [-0.1, -0.05) is 50.1 Å². The molecule has 1 amide bonds. The lowest BCUT2D eigenvalue weighted by Crippen LogP contribution is -2.51. The van der Waals surface area contributed by atoms with Crippen molar-refractivity contribution in [3.8, 4) is 0 Å². The zero-order chi connectivity index (χ0) is 18.1. The van der Waals surface area contributed by atoms with E-state index in [4.69, 9.17) is 0 Å². The fourth-order valence-corrected chi connectivity index (χ4v) is 4.42. The monoisotopic (exact) mass is 367 g/mol. The first-order chi connectivity index (χ1) is 12.0. The number of unbranched alkanes of at least 4 members (excludes halogenated alkanes) is 2. The van der Waals surface area contributed by atoms with E-state index in [2.05, 4.69) is 12.2 Å². The number of carbonyl (C=O) groups excluding carboxylic acids is 1. The van der Waals surface area contributed by atoms with E-state index in [1.807, 2.05) is 35.2 Å². The average Bonchev–Trinajstić information content (AvgIpc) is 2.60. The van der Waals surface area contributed by atoms with Crippen LogP contribution in [0.25, 0.3) is 0 Å². The van der Waals surface area contributed by atoms with Crippen molar-refractivity contribution in [2.75, 3.05) is 39.3 Å². The quantitative estimate of drug-likeness (QED) is 0.671. The maximum absolute atomic E-state index is 12.5. The van der Waals surface area contributed by atoms with Crippen molar-refractivity contribution in [3.63, 3.8) is 0 Å². The van der Waals surface area contributed by atoms with Gasteiger partial charge in [-0.2, -0.15) is 4.31 Å². The van der Waals surface area contributed by atoms with Crippen LogP contribution >= 0.6 is 0 Å². The Kier molecular flexibility index (Phi) is 7.87. The molecule has 0 spiro atoms. The summed E-state index contributed by atoms with van der Waals surface area (Å²) in [5.74, 6) is 0.0582. The van der Waals surface area contributed by atoms with Crippen LogP contribution in [0.5, 0.6) is 0 Å². The van der Waals surface area contributed by atoms with Gasteiger partial charge in [0.05, 0.1) is 12.3 Å². The van der Waals surface area contributed by atoms with Gasteiger partial charge in [-0.25, -0.2) is 8.42 Å². The minimum Gasteiger partial charge on any atom is -0.355 e. The number of amides is 1. The van der Waals surface area contributed by atoms with Crippen molar-refractivity contribution >= 4 is 15.9 Å². The molecule has 1 saturated heterocycles. The van der Waals surface area contributed by atoms with E-state index < -0.39 is 10.0 Å². The predicted octanol–water partition coefficient (Wildman–Crippen LogP) is 1.44. The maximum atomic E-state index is 12.5. The molecule has 140 valence electrons. The molecule has 0 atom stereocenters. The number of nitrogens with one attached hydrogen (secondary N) is 1. The van der Waals surface area contributed by atoms with Crippen LogP contribution in [-0.2, 0) is 20.6 Å². The Labute approximate surface area is 151 Å². The molecule has 0 aromatic heterocycles. The average molecular weight is 368 g/mol. The fourth-order valence-electron chi connectivity index (χ4n) is 2.90. The summed E-state index contributed by atoms with van der Waals surface area (Å²) in [6.07, 6.45) is 3.27. The molecule has 1 N–H and O–H groups in total. The van der Waals surface area contributed by atoms with Gasteiger partial charge in [0.1, 0.15) is 0 Å². The molecule has 0 aliphatic carbocycles. The van der Waals surface area contributed by atoms with E-state index in [-0.39, 0.29) is 11.7 Å². The number of piperazine rings is 1. The molecule has 2 rings (SSSR count). The van der Waals surface area contributed by atoms with Gasteiger partial charge in [0.2, 0.25) is 15.9 Å². The van der Waals surface area contributed by atoms with E-state index in [1.165, 1.54) is 4.31 Å². The third kappa shape index (κ3) is 6.76. The van der Waals surface area contributed by atoms with E-state index in [9.17, 15) is 13.2 Å². The van der Waals surface area contributed by atoms with Crippen LogP contribution in [0, 0.1) is 0 Å². The van der Waals surface area contributed by atoms with Crippen LogP contribution in [0.4, 0.5) is 0 Å². The Morgan fingerprint density at radius 3 is 2.40 bits per heavy atom. The second-order valence-corrected chi connectivity index (χ2v) is 8.44. The molecule has 1 fully saturated rings. The van der Waals surface area contributed by atoms with E-state index in [0.717, 1.165) is 31.4 Å². The van der Waals surface area contributed by atoms with Crippen LogP contribution in [0.3, 0.4) is 0 Å². The molecule has 1 aromatic rings. The van der Waals surface area contributed by atoms with Gasteiger partial charge >= 0.3 is 0 Å². The van der Waals surface area contributed by atoms with Crippen LogP contribution < -0.4 is 5.32 Å². The number of hydrogen-bond donors (Lipinski definition) is 1. The predicted molar refractivity (Wildman–Crippen MR) is 99.6 cm³/mol. The number of carbonyl (C=O) groups is 1. The second kappa shape index (κ2) is 9.89. The zero-order valence-electron chi connectivity index (χ0n) is 15.0. The highest BCUT2D eigenvalue weighted by Gasteiger charge is 2.27. The third-order valence-corrected chi connectivity index (χ3v) is 6.24. The normalized spacial score (nSPS) is 16.7. The lowest BCUT2D eigenvalue weighted by molar-refractivity contribution is -0.122. The molecule has 7 heteroatoms. The molecule has 1 heterocycles. The van der Waals surface area contributed by atoms with Crippen molar-refractivity contribution in [1.29, 1.82) is 0 Å². The third-order valence-electron chi connectivity index (χ3n) is 4.39. The Morgan fingerprint density at radius 2 is 1.76 bits per heavy atom. The van der Waals surface area contributed by atoms with Crippen LogP contribution in [0.15, 0.2) is 30.3 Å². The molecule has 6 nitrogen and oxygen atoms in total. The lowest BCUT2D eigenvalue weighted by atomic mass is 10.2. The van der Waals surface area contributed by atoms with Gasteiger partial charge in [-0.05, 0) is 12.0 Å². The largest absolute Gasteiger partial charge is 0.355 e. The molecule has 1 aliphatic rings. The van der Waals surface area contributed by atoms with Crippen LogP contribution in [-0.4, -0.2) is 62.8 Å². The van der Waals surface area contributed by atoms with Gasteiger partial charge < -0.3 is 5.32 Å². The first-order valence-corrected chi connectivity index (χ1v) is 10.6. The van der Waals surface area contributed by atoms with E-state index in [0.29, 0.717) is 32.7 Å². The molecule has 1 aliphatic heterocycles. The highest BCUT2D eigenvalue weighted by Crippen LogP contribution is 2.13. The number of hydrogen-bond acceptors (Lipinski definition) is 4. The minimum absolute atomic E-state index is 0.0247. The first-order valence-electron chi connectivity index (χ1n) is 9.02. The van der Waals surface area contributed by atoms with Crippen molar-refractivity contribution < 1.29 is 13.2 Å². The molecule has 1 aromatic carbocycles. The molecule has 25 heavy (non-hydrogen) atoms. The van der Waals surface area contributed by atoms with E-state index >= 15 is 0 Å². The summed E-state index contributed by atoms with van der Waals surface area (Å²) in [4.78, 5) is 13.9. The maximum Gasteiger partial charge on any atom is 0.234 e. The molecule has 0 radical (unpaired) electrons. The lowest BCUT2D eigenvalue weighted by Gasteiger charge is -2.33. The van der Waals surface area contributed by atoms with Gasteiger partial charge in [-0.3, -0.25) is 9.69 Å². The summed E-state index contributed by atoms with van der Waals surface area (Å²) < 4.78 is 26.6. The molecular weight excluding hydrogens is 338 g/mol. The summed E-state index contributed by atoms with van der Waals surface area (Å²) in [7, 11) is -3.30. The highest BCUT2D eigenvalue weighted by molar-refractivity contribution is 7.88. The standard InChI is InChI=1S/C18H29N3O3S/c1-2-3-7-10-19-18(22)15-20-11-13-21(14-12-20)25(23,24)16-17-8-5-4-6-9-17/h4-6,8-9H,2-3,7,10-16H2,1H3,(H,19,22). The molecular formula is C18H29N3O3S. The Morgan fingerprint density at radius 1 is 1.08 bits per heavy atom. The summed E-state index contributed by atoms with van der Waals surface area (Å²) in [6, 6.07) is 9.24. The topological polar surface area (TPSA) is 69.7 Å². The highest BCUT2D eigenvalue weighted by atomic mass is 32.2. The van der Waals surface area contributed by atoms with E-state index in [1.54, 1.807) is 0 Å². The summed E-state index contributed by atoms with van der Waals surface area (Å²) in [6.45, 7) is 5.27. The van der Waals surface area contributed by atoms with Crippen molar-refractivity contribution in [2.24, 2.45) is 0 Å². The fraction of sp³-hybridized carbons (Fsp3) is 0.611. The van der Waals surface area contributed by atoms with Gasteiger partial charge in [-0.15, -0.1) is 0 Å². The SMILES string of the molecule is CCCCCNC(=O)CN1CCN(S(=O)(=O)Cc2ccccc2)CC1. The Bertz CT molecular complexity index is 626. The number of rotatable bonds is 9. The van der Waals surface area contributed by atoms with Gasteiger partial charge in [0, 0.05) is 32.7 Å². The number of benzene rings is 1. The Hall–Kier alpha value is -1.44. The first kappa shape index (κ1) is 19.9.